The van der Waals surface area contributed by atoms with E-state index in [4.69, 9.17) is 0 Å². The van der Waals surface area contributed by atoms with E-state index < -0.39 is 0 Å². The number of aryl methyl sites for hydroxylation is 4. The Labute approximate surface area is 190 Å². The quantitative estimate of drug-likeness (QED) is 0.484. The van der Waals surface area contributed by atoms with Gasteiger partial charge >= 0.3 is 0 Å². The molecule has 4 bridgehead atoms. The minimum atomic E-state index is 0.976. The van der Waals surface area contributed by atoms with Gasteiger partial charge in [0.25, 0.3) is 0 Å². The molecular weight excluding hydrogens is 392 g/mol. The van der Waals surface area contributed by atoms with Gasteiger partial charge in [-0.3, -0.25) is 4.90 Å². The van der Waals surface area contributed by atoms with Crippen LogP contribution in [0.25, 0.3) is 5.52 Å². The summed E-state index contributed by atoms with van der Waals surface area (Å²) in [5.41, 5.74) is 9.86. The minimum Gasteiger partial charge on any atom is -0.369 e. The van der Waals surface area contributed by atoms with Crippen molar-refractivity contribution in [2.75, 3.05) is 31.1 Å². The SMILES string of the molecule is c1ccn2ncc(CN3CCN(c4cc5ccc4CCc4ccc(cc4)CC5)CC3)c2c1. The largest absolute Gasteiger partial charge is 0.369 e. The van der Waals surface area contributed by atoms with Gasteiger partial charge in [0.05, 0.1) is 11.7 Å². The molecule has 0 N–H and O–H groups in total. The van der Waals surface area contributed by atoms with Crippen LogP contribution in [0.3, 0.4) is 0 Å². The van der Waals surface area contributed by atoms with Crippen LogP contribution in [0, 0.1) is 0 Å². The molecule has 32 heavy (non-hydrogen) atoms. The third-order valence-electron chi connectivity index (χ3n) is 7.17. The molecule has 162 valence electrons. The van der Waals surface area contributed by atoms with E-state index in [2.05, 4.69) is 69.5 Å². The van der Waals surface area contributed by atoms with Gasteiger partial charge in [-0.1, -0.05) is 42.5 Å². The summed E-state index contributed by atoms with van der Waals surface area (Å²) < 4.78 is 1.98. The summed E-state index contributed by atoms with van der Waals surface area (Å²) in [6.45, 7) is 5.33. The summed E-state index contributed by atoms with van der Waals surface area (Å²) >= 11 is 0. The van der Waals surface area contributed by atoms with Gasteiger partial charge in [0.2, 0.25) is 0 Å². The van der Waals surface area contributed by atoms with Crippen LogP contribution in [0.15, 0.2) is 73.1 Å². The maximum atomic E-state index is 4.51. The van der Waals surface area contributed by atoms with E-state index in [-0.39, 0.29) is 0 Å². The standard InChI is InChI=1S/C28H30N4/c1-2-14-32-27(3-1)26(20-29-32)21-30-15-17-31(18-16-30)28-19-24-9-8-22-4-6-23(7-5-22)10-12-25(28)13-11-24/h1-7,11,13-14,19-20H,8-10,12,15-18,21H2. The summed E-state index contributed by atoms with van der Waals surface area (Å²) in [5, 5.41) is 4.51. The Hall–Kier alpha value is -3.11. The van der Waals surface area contributed by atoms with Gasteiger partial charge in [0, 0.05) is 50.2 Å². The van der Waals surface area contributed by atoms with E-state index in [1.54, 1.807) is 0 Å². The molecule has 0 spiro atoms. The zero-order valence-corrected chi connectivity index (χ0v) is 18.6. The molecule has 2 aromatic heterocycles. The Morgan fingerprint density at radius 3 is 2.25 bits per heavy atom. The van der Waals surface area contributed by atoms with Crippen LogP contribution in [-0.2, 0) is 32.2 Å². The Balaban J connectivity index is 1.18. The van der Waals surface area contributed by atoms with Crippen molar-refractivity contribution in [3.63, 3.8) is 0 Å². The number of anilines is 1. The van der Waals surface area contributed by atoms with E-state index in [1.165, 1.54) is 39.0 Å². The Kier molecular flexibility index (Phi) is 5.16. The van der Waals surface area contributed by atoms with Crippen molar-refractivity contribution >= 4 is 11.2 Å². The molecule has 0 unspecified atom stereocenters. The lowest BCUT2D eigenvalue weighted by molar-refractivity contribution is 0.250. The Morgan fingerprint density at radius 2 is 1.44 bits per heavy atom. The zero-order valence-electron chi connectivity index (χ0n) is 18.6. The molecule has 4 nitrogen and oxygen atoms in total. The monoisotopic (exact) mass is 422 g/mol. The Bertz CT molecular complexity index is 1220. The maximum absolute atomic E-state index is 4.51. The second-order valence-corrected chi connectivity index (χ2v) is 9.24. The van der Waals surface area contributed by atoms with E-state index in [9.17, 15) is 0 Å². The fourth-order valence-corrected chi connectivity index (χ4v) is 5.21. The van der Waals surface area contributed by atoms with E-state index in [0.29, 0.717) is 0 Å². The lowest BCUT2D eigenvalue weighted by atomic mass is 9.95. The van der Waals surface area contributed by atoms with Gasteiger partial charge in [0.1, 0.15) is 0 Å². The molecule has 5 aliphatic rings. The number of rotatable bonds is 3. The van der Waals surface area contributed by atoms with Crippen LogP contribution in [-0.4, -0.2) is 40.7 Å². The molecule has 1 saturated heterocycles. The van der Waals surface area contributed by atoms with Crippen molar-refractivity contribution in [1.29, 1.82) is 0 Å². The smallest absolute Gasteiger partial charge is 0.0706 e. The summed E-state index contributed by atoms with van der Waals surface area (Å²) in [6.07, 6.45) is 8.50. The first-order valence-electron chi connectivity index (χ1n) is 11.9. The third-order valence-corrected chi connectivity index (χ3v) is 7.17. The van der Waals surface area contributed by atoms with Crippen LogP contribution >= 0.6 is 0 Å². The highest BCUT2D eigenvalue weighted by atomic mass is 15.3. The van der Waals surface area contributed by atoms with Crippen LogP contribution in [0.2, 0.25) is 0 Å². The van der Waals surface area contributed by atoms with Crippen LogP contribution < -0.4 is 4.90 Å². The molecule has 4 aliphatic carbocycles. The van der Waals surface area contributed by atoms with Gasteiger partial charge in [-0.25, -0.2) is 4.52 Å². The fourth-order valence-electron chi connectivity index (χ4n) is 5.21. The summed E-state index contributed by atoms with van der Waals surface area (Å²) in [6, 6.07) is 22.8. The predicted molar refractivity (Wildman–Crippen MR) is 130 cm³/mol. The van der Waals surface area contributed by atoms with Crippen molar-refractivity contribution in [2.24, 2.45) is 0 Å². The van der Waals surface area contributed by atoms with Gasteiger partial charge < -0.3 is 4.90 Å². The highest BCUT2D eigenvalue weighted by Gasteiger charge is 2.21. The average molecular weight is 423 g/mol. The molecule has 1 aliphatic heterocycles. The first-order valence-corrected chi connectivity index (χ1v) is 11.9. The molecule has 4 aromatic rings. The number of hydrogen-bond acceptors (Lipinski definition) is 3. The van der Waals surface area contributed by atoms with Crippen molar-refractivity contribution < 1.29 is 0 Å². The first-order chi connectivity index (χ1) is 15.8. The highest BCUT2D eigenvalue weighted by Crippen LogP contribution is 2.27. The number of aromatic nitrogens is 2. The van der Waals surface area contributed by atoms with Crippen LogP contribution in [0.4, 0.5) is 5.69 Å². The number of nitrogens with zero attached hydrogens (tertiary/aromatic N) is 4. The highest BCUT2D eigenvalue weighted by molar-refractivity contribution is 5.57. The number of hydrogen-bond donors (Lipinski definition) is 0. The zero-order chi connectivity index (χ0) is 21.3. The van der Waals surface area contributed by atoms with E-state index >= 15 is 0 Å². The second kappa shape index (κ2) is 8.44. The van der Waals surface area contributed by atoms with E-state index in [1.807, 2.05) is 23.0 Å². The maximum Gasteiger partial charge on any atom is 0.0706 e. The molecule has 9 rings (SSSR count). The summed E-state index contributed by atoms with van der Waals surface area (Å²) in [5.74, 6) is 0. The fraction of sp³-hybridized carbons (Fsp3) is 0.321. The molecule has 0 saturated carbocycles. The lowest BCUT2D eigenvalue weighted by Gasteiger charge is -2.37. The minimum absolute atomic E-state index is 0.976. The molecule has 0 atom stereocenters. The molecule has 3 heterocycles. The van der Waals surface area contributed by atoms with Gasteiger partial charge in [0.15, 0.2) is 0 Å². The number of fused-ring (bicyclic) bond motifs is 1. The van der Waals surface area contributed by atoms with E-state index in [0.717, 1.165) is 58.4 Å². The van der Waals surface area contributed by atoms with Gasteiger partial charge in [-0.2, -0.15) is 5.10 Å². The predicted octanol–water partition coefficient (Wildman–Crippen LogP) is 4.54. The summed E-state index contributed by atoms with van der Waals surface area (Å²) in [4.78, 5) is 5.20. The molecule has 0 radical (unpaired) electrons. The molecule has 2 aromatic carbocycles. The topological polar surface area (TPSA) is 23.8 Å². The Morgan fingerprint density at radius 1 is 0.719 bits per heavy atom. The van der Waals surface area contributed by atoms with Gasteiger partial charge in [-0.15, -0.1) is 0 Å². The first kappa shape index (κ1) is 19.6. The molecule has 0 amide bonds. The lowest BCUT2D eigenvalue weighted by Crippen LogP contribution is -2.46. The normalized spacial score (nSPS) is 16.9. The van der Waals surface area contributed by atoms with Crippen molar-refractivity contribution in [2.45, 2.75) is 32.2 Å². The van der Waals surface area contributed by atoms with Crippen molar-refractivity contribution in [1.82, 2.24) is 14.5 Å². The van der Waals surface area contributed by atoms with Crippen LogP contribution in [0.1, 0.15) is 27.8 Å². The number of benzene rings is 2. The molecule has 1 fully saturated rings. The van der Waals surface area contributed by atoms with Crippen molar-refractivity contribution in [3.8, 4) is 0 Å². The van der Waals surface area contributed by atoms with Crippen LogP contribution in [0.5, 0.6) is 0 Å². The second-order valence-electron chi connectivity index (χ2n) is 9.24. The third kappa shape index (κ3) is 3.91. The molecular formula is C28H30N4. The average Bonchev–Trinajstić information content (AvgIpc) is 3.24. The number of piperazine rings is 1. The van der Waals surface area contributed by atoms with Gasteiger partial charge in [-0.05, 0) is 66.1 Å². The summed E-state index contributed by atoms with van der Waals surface area (Å²) in [7, 11) is 0. The van der Waals surface area contributed by atoms with Crippen molar-refractivity contribution in [3.05, 3.63) is 101 Å². The molecule has 4 heteroatoms. The number of pyridine rings is 1.